The number of thiophene rings is 1. The molecule has 1 N–H and O–H groups in total. The minimum absolute atomic E-state index is 0.196. The van der Waals surface area contributed by atoms with Gasteiger partial charge in [0.25, 0.3) is 5.56 Å². The smallest absolute Gasteiger partial charge is 0.305 e. The van der Waals surface area contributed by atoms with E-state index < -0.39 is 28.7 Å². The summed E-state index contributed by atoms with van der Waals surface area (Å²) in [6.07, 6.45) is 0.333. The quantitative estimate of drug-likeness (QED) is 0.753. The molecule has 5 nitrogen and oxygen atoms in total. The van der Waals surface area contributed by atoms with Crippen LogP contribution in [-0.4, -0.2) is 20.6 Å². The van der Waals surface area contributed by atoms with Crippen LogP contribution in [-0.2, 0) is 17.8 Å². The minimum atomic E-state index is -1.12. The van der Waals surface area contributed by atoms with Crippen LogP contribution in [0.4, 0.5) is 8.78 Å². The van der Waals surface area contributed by atoms with E-state index in [0.29, 0.717) is 16.6 Å². The topological polar surface area (TPSA) is 72.2 Å². The number of benzene rings is 1. The van der Waals surface area contributed by atoms with E-state index in [1.165, 1.54) is 17.4 Å². The van der Waals surface area contributed by atoms with Gasteiger partial charge in [-0.25, -0.2) is 13.8 Å². The third-order valence-electron chi connectivity index (χ3n) is 3.79. The second-order valence-corrected chi connectivity index (χ2v) is 6.53. The Bertz CT molecular complexity index is 1010. The Hall–Kier alpha value is -2.61. The van der Waals surface area contributed by atoms with Gasteiger partial charge in [0.2, 0.25) is 0 Å². The number of aryl methyl sites for hydroxylation is 1. The molecule has 0 atom stereocenters. The largest absolute Gasteiger partial charge is 0.481 e. The highest BCUT2D eigenvalue weighted by Crippen LogP contribution is 2.28. The molecule has 3 rings (SSSR count). The molecule has 1 aromatic carbocycles. The lowest BCUT2D eigenvalue weighted by molar-refractivity contribution is -0.137. The molecule has 0 unspecified atom stereocenters. The summed E-state index contributed by atoms with van der Waals surface area (Å²) in [5.74, 6) is -3.03. The molecule has 25 heavy (non-hydrogen) atoms. The fraction of sp³-hybridized carbons (Fsp3) is 0.235. The van der Waals surface area contributed by atoms with Crippen LogP contribution < -0.4 is 5.56 Å². The Labute approximate surface area is 145 Å². The van der Waals surface area contributed by atoms with Crippen LogP contribution in [0.2, 0.25) is 0 Å². The molecule has 2 heterocycles. The minimum Gasteiger partial charge on any atom is -0.481 e. The average Bonchev–Trinajstić information content (AvgIpc) is 2.97. The zero-order valence-electron chi connectivity index (χ0n) is 13.3. The standard InChI is InChI=1S/C17H14F2N2O3S/c1-2-9-8-10-16(25-9)20-15(14-11(18)4-3-5-12(14)19)21(17(10)24)7-6-13(22)23/h3-5,8H,2,6-7H2,1H3,(H,22,23). The van der Waals surface area contributed by atoms with E-state index in [2.05, 4.69) is 4.98 Å². The lowest BCUT2D eigenvalue weighted by Gasteiger charge is -2.12. The fourth-order valence-corrected chi connectivity index (χ4v) is 3.51. The summed E-state index contributed by atoms with van der Waals surface area (Å²) in [4.78, 5) is 29.3. The average molecular weight is 364 g/mol. The maximum absolute atomic E-state index is 14.2. The lowest BCUT2D eigenvalue weighted by atomic mass is 10.1. The van der Waals surface area contributed by atoms with Gasteiger partial charge in [0.15, 0.2) is 0 Å². The number of halogens is 2. The van der Waals surface area contributed by atoms with Gasteiger partial charge < -0.3 is 5.11 Å². The molecule has 8 heteroatoms. The van der Waals surface area contributed by atoms with E-state index in [-0.39, 0.29) is 18.8 Å². The van der Waals surface area contributed by atoms with E-state index in [9.17, 15) is 18.4 Å². The molecular weight excluding hydrogens is 350 g/mol. The van der Waals surface area contributed by atoms with Crippen molar-refractivity contribution in [3.8, 4) is 11.4 Å². The summed E-state index contributed by atoms with van der Waals surface area (Å²) < 4.78 is 29.5. The van der Waals surface area contributed by atoms with E-state index in [1.54, 1.807) is 6.07 Å². The number of hydrogen-bond acceptors (Lipinski definition) is 4. The predicted molar refractivity (Wildman–Crippen MR) is 90.9 cm³/mol. The molecule has 2 aromatic heterocycles. The summed E-state index contributed by atoms with van der Waals surface area (Å²) in [5, 5.41) is 9.24. The van der Waals surface area contributed by atoms with Gasteiger partial charge in [0, 0.05) is 11.4 Å². The first-order valence-electron chi connectivity index (χ1n) is 7.61. The van der Waals surface area contributed by atoms with Crippen LogP contribution >= 0.6 is 11.3 Å². The van der Waals surface area contributed by atoms with Crippen molar-refractivity contribution in [2.45, 2.75) is 26.3 Å². The molecular formula is C17H14F2N2O3S. The predicted octanol–water partition coefficient (Wildman–Crippen LogP) is 3.44. The Morgan fingerprint density at radius 1 is 1.32 bits per heavy atom. The molecule has 0 saturated heterocycles. The van der Waals surface area contributed by atoms with Crippen molar-refractivity contribution in [3.05, 3.63) is 51.1 Å². The summed E-state index contributed by atoms with van der Waals surface area (Å²) in [6, 6.07) is 5.05. The summed E-state index contributed by atoms with van der Waals surface area (Å²) in [6.45, 7) is 1.70. The highest BCUT2D eigenvalue weighted by molar-refractivity contribution is 7.18. The van der Waals surface area contributed by atoms with Crippen molar-refractivity contribution in [2.75, 3.05) is 0 Å². The third-order valence-corrected chi connectivity index (χ3v) is 4.96. The number of aliphatic carboxylic acids is 1. The highest BCUT2D eigenvalue weighted by Gasteiger charge is 2.21. The maximum Gasteiger partial charge on any atom is 0.305 e. The summed E-state index contributed by atoms with van der Waals surface area (Å²) in [7, 11) is 0. The molecule has 130 valence electrons. The number of aromatic nitrogens is 2. The summed E-state index contributed by atoms with van der Waals surface area (Å²) in [5.41, 5.74) is -0.932. The number of fused-ring (bicyclic) bond motifs is 1. The number of carbonyl (C=O) groups is 1. The second kappa shape index (κ2) is 6.72. The first kappa shape index (κ1) is 17.2. The first-order valence-corrected chi connectivity index (χ1v) is 8.43. The number of carboxylic acid groups (broad SMARTS) is 1. The summed E-state index contributed by atoms with van der Waals surface area (Å²) >= 11 is 1.28. The highest BCUT2D eigenvalue weighted by atomic mass is 32.1. The van der Waals surface area contributed by atoms with Gasteiger partial charge in [-0.15, -0.1) is 11.3 Å². The Morgan fingerprint density at radius 3 is 2.60 bits per heavy atom. The zero-order valence-corrected chi connectivity index (χ0v) is 14.1. The second-order valence-electron chi connectivity index (χ2n) is 5.42. The third kappa shape index (κ3) is 3.17. The molecule has 0 radical (unpaired) electrons. The van der Waals surface area contributed by atoms with Gasteiger partial charge >= 0.3 is 5.97 Å². The Kier molecular flexibility index (Phi) is 4.63. The van der Waals surface area contributed by atoms with Gasteiger partial charge in [-0.2, -0.15) is 0 Å². The van der Waals surface area contributed by atoms with Crippen LogP contribution in [0.1, 0.15) is 18.2 Å². The van der Waals surface area contributed by atoms with Crippen molar-refractivity contribution in [3.63, 3.8) is 0 Å². The van der Waals surface area contributed by atoms with Crippen LogP contribution in [0.15, 0.2) is 29.1 Å². The first-order chi connectivity index (χ1) is 11.9. The number of hydrogen-bond donors (Lipinski definition) is 1. The lowest BCUT2D eigenvalue weighted by Crippen LogP contribution is -2.24. The van der Waals surface area contributed by atoms with Gasteiger partial charge in [0.05, 0.1) is 17.4 Å². The monoisotopic (exact) mass is 364 g/mol. The molecule has 3 aromatic rings. The van der Waals surface area contributed by atoms with E-state index >= 15 is 0 Å². The number of carboxylic acids is 1. The number of rotatable bonds is 5. The van der Waals surface area contributed by atoms with E-state index in [1.807, 2.05) is 6.92 Å². The molecule has 0 spiro atoms. The van der Waals surface area contributed by atoms with Crippen molar-refractivity contribution in [2.24, 2.45) is 0 Å². The van der Waals surface area contributed by atoms with Crippen molar-refractivity contribution in [1.82, 2.24) is 9.55 Å². The SMILES string of the molecule is CCc1cc2c(=O)n(CCC(=O)O)c(-c3c(F)cccc3F)nc2s1. The maximum atomic E-state index is 14.2. The van der Waals surface area contributed by atoms with E-state index in [4.69, 9.17) is 5.11 Å². The Balaban J connectivity index is 2.33. The van der Waals surface area contributed by atoms with Crippen LogP contribution in [0.5, 0.6) is 0 Å². The van der Waals surface area contributed by atoms with Gasteiger partial charge in [-0.05, 0) is 24.6 Å². The molecule has 0 amide bonds. The molecule has 0 saturated carbocycles. The van der Waals surface area contributed by atoms with Crippen LogP contribution in [0.25, 0.3) is 21.6 Å². The van der Waals surface area contributed by atoms with Crippen molar-refractivity contribution >= 4 is 27.5 Å². The Morgan fingerprint density at radius 2 is 2.00 bits per heavy atom. The van der Waals surface area contributed by atoms with Gasteiger partial charge in [-0.1, -0.05) is 13.0 Å². The van der Waals surface area contributed by atoms with Crippen LogP contribution in [0, 0.1) is 11.6 Å². The van der Waals surface area contributed by atoms with E-state index in [0.717, 1.165) is 21.6 Å². The zero-order chi connectivity index (χ0) is 18.1. The van der Waals surface area contributed by atoms with Crippen molar-refractivity contribution < 1.29 is 18.7 Å². The molecule has 0 fully saturated rings. The number of nitrogens with zero attached hydrogens (tertiary/aromatic N) is 2. The normalized spacial score (nSPS) is 11.2. The molecule has 0 bridgehead atoms. The van der Waals surface area contributed by atoms with Crippen LogP contribution in [0.3, 0.4) is 0 Å². The van der Waals surface area contributed by atoms with Crippen molar-refractivity contribution in [1.29, 1.82) is 0 Å². The molecule has 0 aliphatic heterocycles. The molecule has 0 aliphatic rings. The fourth-order valence-electron chi connectivity index (χ4n) is 2.56. The van der Waals surface area contributed by atoms with Gasteiger partial charge in [-0.3, -0.25) is 14.2 Å². The van der Waals surface area contributed by atoms with Gasteiger partial charge in [0.1, 0.15) is 22.3 Å². The molecule has 0 aliphatic carbocycles.